The Morgan fingerprint density at radius 2 is 1.72 bits per heavy atom. The monoisotopic (exact) mass is 442 g/mol. The Morgan fingerprint density at radius 3 is 2.21 bits per heavy atom. The van der Waals surface area contributed by atoms with Crippen molar-refractivity contribution in [2.45, 2.75) is 63.4 Å². The highest BCUT2D eigenvalue weighted by Crippen LogP contribution is 2.47. The van der Waals surface area contributed by atoms with E-state index in [9.17, 15) is 13.5 Å². The molecule has 3 rings (SSSR count). The van der Waals surface area contributed by atoms with Crippen molar-refractivity contribution in [3.05, 3.63) is 0 Å². The van der Waals surface area contributed by atoms with Crippen LogP contribution in [0.5, 0.6) is 0 Å². The molecule has 3 saturated heterocycles. The van der Waals surface area contributed by atoms with Gasteiger partial charge in [0.05, 0.1) is 34.3 Å². The Hall–Kier alpha value is -0.410. The second-order valence-electron chi connectivity index (χ2n) is 9.27. The summed E-state index contributed by atoms with van der Waals surface area (Å²) < 4.78 is 56.7. The van der Waals surface area contributed by atoms with E-state index in [1.54, 1.807) is 27.7 Å². The van der Waals surface area contributed by atoms with E-state index in [-0.39, 0.29) is 19.3 Å². The van der Waals surface area contributed by atoms with Gasteiger partial charge in [0.2, 0.25) is 5.79 Å². The lowest BCUT2D eigenvalue weighted by Crippen LogP contribution is -2.60. The lowest BCUT2D eigenvalue weighted by atomic mass is 9.98. The predicted octanol–water partition coefficient (Wildman–Crippen LogP) is -1.34. The summed E-state index contributed by atoms with van der Waals surface area (Å²) in [6.07, 6.45) is -1.50. The highest BCUT2D eigenvalue weighted by Gasteiger charge is 2.65. The van der Waals surface area contributed by atoms with Gasteiger partial charge in [0.1, 0.15) is 24.9 Å². The van der Waals surface area contributed by atoms with Crippen LogP contribution in [0, 0.1) is 0 Å². The molecule has 3 aliphatic heterocycles. The molecule has 2 N–H and O–H groups in total. The number of fused-ring (bicyclic) bond motifs is 3. The Bertz CT molecular complexity index is 677. The van der Waals surface area contributed by atoms with E-state index >= 15 is 0 Å². The molecule has 0 radical (unpaired) electrons. The maximum Gasteiger partial charge on any atom is 0.333 e. The number of hydrogen-bond donors (Lipinski definition) is 1. The molecule has 0 saturated carbocycles. The zero-order valence-electron chi connectivity index (χ0n) is 18.2. The van der Waals surface area contributed by atoms with Crippen LogP contribution in [0.4, 0.5) is 0 Å². The molecule has 29 heavy (non-hydrogen) atoms. The van der Waals surface area contributed by atoms with E-state index in [0.29, 0.717) is 0 Å². The second-order valence-corrected chi connectivity index (χ2v) is 10.5. The molecule has 0 aromatic rings. The maximum atomic E-state index is 11.1. The fourth-order valence-corrected chi connectivity index (χ4v) is 3.71. The molecule has 0 amide bonds. The van der Waals surface area contributed by atoms with Gasteiger partial charge < -0.3 is 33.3 Å². The first kappa shape index (κ1) is 24.9. The smallest absolute Gasteiger partial charge is 0.333 e. The number of nitrogens with two attached hydrogens (primary N) is 1. The van der Waals surface area contributed by atoms with Gasteiger partial charge >= 0.3 is 10.3 Å². The minimum absolute atomic E-state index is 0.0312. The molecular weight excluding hydrogens is 408 g/mol. The van der Waals surface area contributed by atoms with Crippen LogP contribution in [0.1, 0.15) is 27.7 Å². The first-order valence-corrected chi connectivity index (χ1v) is 10.9. The van der Waals surface area contributed by atoms with Crippen molar-refractivity contribution in [1.82, 2.24) is 0 Å². The lowest BCUT2D eigenvalue weighted by molar-refractivity contribution is -0.875. The summed E-state index contributed by atoms with van der Waals surface area (Å²) in [5.74, 6) is -3.19. The van der Waals surface area contributed by atoms with E-state index in [4.69, 9.17) is 33.0 Å². The van der Waals surface area contributed by atoms with E-state index in [1.807, 2.05) is 21.1 Å². The van der Waals surface area contributed by atoms with Crippen LogP contribution >= 0.6 is 0 Å². The average molecular weight is 443 g/mol. The number of quaternary nitrogens is 1. The number of hydrogen-bond acceptors (Lipinski definition) is 9. The summed E-state index contributed by atoms with van der Waals surface area (Å²) in [7, 11) is 1.90. The molecule has 12 heteroatoms. The third kappa shape index (κ3) is 6.79. The molecular formula is C17H34N2O9S. The summed E-state index contributed by atoms with van der Waals surface area (Å²) in [6.45, 7) is 7.46. The van der Waals surface area contributed by atoms with Gasteiger partial charge in [0, 0.05) is 0 Å². The number of likely N-dealkylation sites (N-methyl/N-ethyl adjacent to an activating group) is 1. The molecule has 0 aromatic carbocycles. The van der Waals surface area contributed by atoms with Gasteiger partial charge in [0.15, 0.2) is 11.6 Å². The molecule has 4 unspecified atom stereocenters. The van der Waals surface area contributed by atoms with Gasteiger partial charge in [-0.3, -0.25) is 4.18 Å². The van der Waals surface area contributed by atoms with Crippen LogP contribution in [0.3, 0.4) is 0 Å². The van der Waals surface area contributed by atoms with Crippen LogP contribution in [-0.4, -0.2) is 96.1 Å². The van der Waals surface area contributed by atoms with E-state index in [2.05, 4.69) is 0 Å². The minimum Gasteiger partial charge on any atom is -0.850 e. The highest BCUT2D eigenvalue weighted by molar-refractivity contribution is 7.84. The van der Waals surface area contributed by atoms with Crippen LogP contribution < -0.4 is 10.2 Å². The normalized spacial score (nSPS) is 35.4. The van der Waals surface area contributed by atoms with Crippen molar-refractivity contribution in [3.63, 3.8) is 0 Å². The minimum atomic E-state index is -4.14. The van der Waals surface area contributed by atoms with E-state index in [0.717, 1.165) is 11.0 Å². The summed E-state index contributed by atoms with van der Waals surface area (Å²) in [4.78, 5) is 0. The van der Waals surface area contributed by atoms with Crippen molar-refractivity contribution in [2.24, 2.45) is 5.14 Å². The Balaban J connectivity index is 0.000000370. The summed E-state index contributed by atoms with van der Waals surface area (Å²) >= 11 is 0. The van der Waals surface area contributed by atoms with E-state index in [1.165, 1.54) is 0 Å². The molecule has 0 aromatic heterocycles. The number of ether oxygens (including phenoxy) is 5. The summed E-state index contributed by atoms with van der Waals surface area (Å²) in [5.41, 5.74) is 0. The zero-order valence-corrected chi connectivity index (χ0v) is 19.0. The van der Waals surface area contributed by atoms with Gasteiger partial charge in [-0.05, 0) is 27.7 Å². The molecule has 172 valence electrons. The Morgan fingerprint density at radius 1 is 1.10 bits per heavy atom. The fraction of sp³-hybridized carbons (Fsp3) is 1.00. The molecule has 0 aliphatic carbocycles. The van der Waals surface area contributed by atoms with Crippen molar-refractivity contribution in [2.75, 3.05) is 47.5 Å². The lowest BCUT2D eigenvalue weighted by Gasteiger charge is -2.40. The first-order valence-electron chi connectivity index (χ1n) is 9.41. The topological polar surface area (TPSA) is 139 Å². The average Bonchev–Trinajstić information content (AvgIpc) is 2.95. The maximum absolute atomic E-state index is 11.1. The summed E-state index contributed by atoms with van der Waals surface area (Å²) in [5, 5.41) is 14.8. The molecule has 0 bridgehead atoms. The third-order valence-corrected chi connectivity index (χ3v) is 4.91. The molecule has 11 nitrogen and oxygen atoms in total. The van der Waals surface area contributed by atoms with Gasteiger partial charge in [-0.25, -0.2) is 5.14 Å². The van der Waals surface area contributed by atoms with Crippen LogP contribution in [0.25, 0.3) is 0 Å². The number of nitrogens with zero attached hydrogens (tertiary/aromatic N) is 1. The molecule has 4 atom stereocenters. The van der Waals surface area contributed by atoms with Crippen LogP contribution in [0.15, 0.2) is 0 Å². The third-order valence-electron chi connectivity index (χ3n) is 4.46. The van der Waals surface area contributed by atoms with Crippen molar-refractivity contribution in [1.29, 1.82) is 0 Å². The van der Waals surface area contributed by atoms with Gasteiger partial charge in [0.25, 0.3) is 0 Å². The fourth-order valence-electron chi connectivity index (χ4n) is 3.39. The predicted molar refractivity (Wildman–Crippen MR) is 99.4 cm³/mol. The van der Waals surface area contributed by atoms with Gasteiger partial charge in [-0.15, -0.1) is 0 Å². The first-order chi connectivity index (χ1) is 13.0. The quantitative estimate of drug-likeness (QED) is 0.512. The largest absolute Gasteiger partial charge is 0.850 e. The Kier molecular flexibility index (Phi) is 7.08. The van der Waals surface area contributed by atoms with Crippen LogP contribution in [0.2, 0.25) is 0 Å². The molecule has 0 spiro atoms. The van der Waals surface area contributed by atoms with Gasteiger partial charge in [-0.1, -0.05) is 6.61 Å². The standard InChI is InChI=1S/C12H21NO8S.C5H13NO/c1-10(2)18-7-5-16-12(6-17-22(13,14)15)9(8(7)19-10)20-11(3,4)21-12;1-6(2,3)4-5-7/h7-9H,5-6H2,1-4H3,(H2,13,14,15);4-5H2,1-3H3. The van der Waals surface area contributed by atoms with Crippen molar-refractivity contribution < 1.29 is 45.9 Å². The van der Waals surface area contributed by atoms with E-state index < -0.39 is 46.5 Å². The zero-order chi connectivity index (χ0) is 22.3. The second kappa shape index (κ2) is 8.26. The molecule has 3 heterocycles. The number of rotatable bonds is 5. The van der Waals surface area contributed by atoms with Crippen molar-refractivity contribution in [3.8, 4) is 0 Å². The van der Waals surface area contributed by atoms with Gasteiger partial charge in [-0.2, -0.15) is 8.42 Å². The van der Waals surface area contributed by atoms with Crippen LogP contribution in [-0.2, 0) is 38.2 Å². The molecule has 3 aliphatic rings. The SMILES string of the molecule is CC1(C)OC2COC3(COS(N)(=O)=O)OC(C)(C)OC3C2O1.C[N+](C)(C)CC[O-]. The highest BCUT2D eigenvalue weighted by atomic mass is 32.2. The molecule has 3 fully saturated rings. The summed E-state index contributed by atoms with van der Waals surface area (Å²) in [6, 6.07) is 0. The Labute approximate surface area is 172 Å². The van der Waals surface area contributed by atoms with Crippen molar-refractivity contribution >= 4 is 10.3 Å².